The average molecular weight is 225 g/mol. The maximum atomic E-state index is 11.2. The summed E-state index contributed by atoms with van der Waals surface area (Å²) in [5.74, 6) is -0.211. The highest BCUT2D eigenvalue weighted by atomic mass is 16.5. The average Bonchev–Trinajstić information content (AvgIpc) is 2.62. The Morgan fingerprint density at radius 1 is 1.62 bits per heavy atom. The van der Waals surface area contributed by atoms with Gasteiger partial charge in [-0.15, -0.1) is 0 Å². The van der Waals surface area contributed by atoms with Crippen LogP contribution in [0.4, 0.5) is 0 Å². The molecule has 0 saturated carbocycles. The summed E-state index contributed by atoms with van der Waals surface area (Å²) in [6.45, 7) is 5.13. The number of esters is 1. The molecule has 16 heavy (non-hydrogen) atoms. The second-order valence-electron chi connectivity index (χ2n) is 4.10. The molecule has 0 bridgehead atoms. The van der Waals surface area contributed by atoms with Crippen molar-refractivity contribution in [3.63, 3.8) is 0 Å². The van der Waals surface area contributed by atoms with E-state index in [0.29, 0.717) is 19.1 Å². The second kappa shape index (κ2) is 5.65. The summed E-state index contributed by atoms with van der Waals surface area (Å²) >= 11 is 0. The number of hydrogen-bond acceptors (Lipinski definition) is 4. The van der Waals surface area contributed by atoms with Crippen LogP contribution >= 0.6 is 0 Å². The van der Waals surface area contributed by atoms with E-state index in [2.05, 4.69) is 23.7 Å². The first kappa shape index (κ1) is 12.7. The lowest BCUT2D eigenvalue weighted by molar-refractivity contribution is -0.142. The molecule has 1 aromatic heterocycles. The minimum Gasteiger partial charge on any atom is -0.468 e. The largest absolute Gasteiger partial charge is 0.468 e. The number of hydrogen-bond donors (Lipinski definition) is 0. The summed E-state index contributed by atoms with van der Waals surface area (Å²) in [7, 11) is 3.29. The molecule has 0 amide bonds. The molecule has 0 N–H and O–H groups in total. The van der Waals surface area contributed by atoms with Crippen LogP contribution in [-0.2, 0) is 23.1 Å². The fourth-order valence-corrected chi connectivity index (χ4v) is 1.44. The first-order valence-electron chi connectivity index (χ1n) is 5.31. The lowest BCUT2D eigenvalue weighted by Crippen LogP contribution is -2.35. The smallest absolute Gasteiger partial charge is 0.319 e. The zero-order chi connectivity index (χ0) is 12.1. The lowest BCUT2D eigenvalue weighted by Gasteiger charge is -2.24. The second-order valence-corrected chi connectivity index (χ2v) is 4.10. The van der Waals surface area contributed by atoms with Crippen molar-refractivity contribution in [2.45, 2.75) is 26.4 Å². The fraction of sp³-hybridized carbons (Fsp3) is 0.636. The van der Waals surface area contributed by atoms with E-state index in [0.717, 1.165) is 5.56 Å². The monoisotopic (exact) mass is 225 g/mol. The third-order valence-electron chi connectivity index (χ3n) is 2.43. The zero-order valence-electron chi connectivity index (χ0n) is 10.3. The molecule has 1 aromatic rings. The van der Waals surface area contributed by atoms with Crippen molar-refractivity contribution in [3.05, 3.63) is 18.0 Å². The van der Waals surface area contributed by atoms with Crippen molar-refractivity contribution >= 4 is 5.97 Å². The molecule has 90 valence electrons. The predicted molar refractivity (Wildman–Crippen MR) is 60.8 cm³/mol. The summed E-state index contributed by atoms with van der Waals surface area (Å²) in [4.78, 5) is 13.3. The Kier molecular flexibility index (Phi) is 4.49. The van der Waals surface area contributed by atoms with Crippen LogP contribution in [0.1, 0.15) is 19.4 Å². The number of aryl methyl sites for hydroxylation is 1. The van der Waals surface area contributed by atoms with E-state index in [4.69, 9.17) is 0 Å². The number of nitrogens with zero attached hydrogens (tertiary/aromatic N) is 3. The molecular formula is C11H19N3O2. The summed E-state index contributed by atoms with van der Waals surface area (Å²) in [6, 6.07) is 0.291. The van der Waals surface area contributed by atoms with E-state index in [1.165, 1.54) is 7.11 Å². The summed E-state index contributed by atoms with van der Waals surface area (Å²) in [5, 5.41) is 4.10. The minimum absolute atomic E-state index is 0.211. The normalized spacial score (nSPS) is 11.1. The Hall–Kier alpha value is -1.36. The summed E-state index contributed by atoms with van der Waals surface area (Å²) < 4.78 is 6.43. The van der Waals surface area contributed by atoms with Gasteiger partial charge in [0, 0.05) is 31.4 Å². The van der Waals surface area contributed by atoms with Gasteiger partial charge in [0.25, 0.3) is 0 Å². The van der Waals surface area contributed by atoms with Crippen LogP contribution in [0.5, 0.6) is 0 Å². The van der Waals surface area contributed by atoms with E-state index in [9.17, 15) is 4.79 Å². The Balaban J connectivity index is 2.61. The van der Waals surface area contributed by atoms with Gasteiger partial charge in [-0.05, 0) is 13.8 Å². The highest BCUT2D eigenvalue weighted by Crippen LogP contribution is 2.07. The van der Waals surface area contributed by atoms with Crippen LogP contribution in [0, 0.1) is 0 Å². The Labute approximate surface area is 96.0 Å². The third-order valence-corrected chi connectivity index (χ3v) is 2.43. The molecule has 5 nitrogen and oxygen atoms in total. The number of methoxy groups -OCH3 is 1. The van der Waals surface area contributed by atoms with Crippen LogP contribution in [0.15, 0.2) is 12.4 Å². The van der Waals surface area contributed by atoms with Gasteiger partial charge in [0.1, 0.15) is 0 Å². The van der Waals surface area contributed by atoms with Crippen molar-refractivity contribution in [1.29, 1.82) is 0 Å². The molecule has 0 saturated heterocycles. The quantitative estimate of drug-likeness (QED) is 0.696. The highest BCUT2D eigenvalue weighted by molar-refractivity contribution is 5.71. The maximum Gasteiger partial charge on any atom is 0.319 e. The zero-order valence-corrected chi connectivity index (χ0v) is 10.3. The van der Waals surface area contributed by atoms with E-state index >= 15 is 0 Å². The molecule has 0 aliphatic carbocycles. The van der Waals surface area contributed by atoms with Gasteiger partial charge >= 0.3 is 5.97 Å². The highest BCUT2D eigenvalue weighted by Gasteiger charge is 2.15. The number of ether oxygens (including phenoxy) is 1. The molecule has 5 heteroatoms. The third kappa shape index (κ3) is 3.66. The fourth-order valence-electron chi connectivity index (χ4n) is 1.44. The lowest BCUT2D eigenvalue weighted by atomic mass is 10.2. The van der Waals surface area contributed by atoms with Crippen LogP contribution in [0.3, 0.4) is 0 Å². The number of aromatic nitrogens is 2. The molecule has 0 aliphatic heterocycles. The Morgan fingerprint density at radius 2 is 2.31 bits per heavy atom. The van der Waals surface area contributed by atoms with Crippen molar-refractivity contribution in [2.75, 3.05) is 13.7 Å². The molecule has 1 rings (SSSR count). The Morgan fingerprint density at radius 3 is 2.75 bits per heavy atom. The van der Waals surface area contributed by atoms with E-state index < -0.39 is 0 Å². The number of rotatable bonds is 5. The standard InChI is InChI=1S/C11H19N3O2/c1-9(2)14(8-11(15)16-4)7-10-5-12-13(3)6-10/h5-6,9H,7-8H2,1-4H3. The van der Waals surface area contributed by atoms with Gasteiger partial charge in [0.2, 0.25) is 0 Å². The topological polar surface area (TPSA) is 47.4 Å². The van der Waals surface area contributed by atoms with Gasteiger partial charge < -0.3 is 4.74 Å². The van der Waals surface area contributed by atoms with Crippen LogP contribution in [0.2, 0.25) is 0 Å². The van der Waals surface area contributed by atoms with Gasteiger partial charge in [0.05, 0.1) is 19.9 Å². The van der Waals surface area contributed by atoms with Crippen LogP contribution in [-0.4, -0.2) is 40.3 Å². The van der Waals surface area contributed by atoms with Crippen LogP contribution in [0.25, 0.3) is 0 Å². The van der Waals surface area contributed by atoms with E-state index in [1.54, 1.807) is 4.68 Å². The summed E-state index contributed by atoms with van der Waals surface area (Å²) in [5.41, 5.74) is 1.10. The molecule has 0 radical (unpaired) electrons. The molecule has 0 aromatic carbocycles. The first-order valence-corrected chi connectivity index (χ1v) is 5.31. The van der Waals surface area contributed by atoms with Crippen molar-refractivity contribution < 1.29 is 9.53 Å². The summed E-state index contributed by atoms with van der Waals surface area (Å²) in [6.07, 6.45) is 3.76. The predicted octanol–water partition coefficient (Wildman–Crippen LogP) is 0.803. The SMILES string of the molecule is COC(=O)CN(Cc1cnn(C)c1)C(C)C. The molecule has 0 spiro atoms. The number of carbonyl (C=O) groups is 1. The number of carbonyl (C=O) groups excluding carboxylic acids is 1. The van der Waals surface area contributed by atoms with Gasteiger partial charge in [-0.1, -0.05) is 0 Å². The van der Waals surface area contributed by atoms with Gasteiger partial charge in [-0.2, -0.15) is 5.10 Å². The molecule has 0 atom stereocenters. The van der Waals surface area contributed by atoms with Gasteiger partial charge in [0.15, 0.2) is 0 Å². The molecule has 0 aliphatic rings. The van der Waals surface area contributed by atoms with E-state index in [1.807, 2.05) is 24.3 Å². The van der Waals surface area contributed by atoms with Crippen molar-refractivity contribution in [1.82, 2.24) is 14.7 Å². The van der Waals surface area contributed by atoms with Gasteiger partial charge in [-0.25, -0.2) is 0 Å². The Bertz CT molecular complexity index is 347. The van der Waals surface area contributed by atoms with Gasteiger partial charge in [-0.3, -0.25) is 14.4 Å². The maximum absolute atomic E-state index is 11.2. The molecule has 0 fully saturated rings. The molecule has 0 unspecified atom stereocenters. The minimum atomic E-state index is -0.211. The molecular weight excluding hydrogens is 206 g/mol. The van der Waals surface area contributed by atoms with Crippen molar-refractivity contribution in [3.8, 4) is 0 Å². The molecule has 1 heterocycles. The van der Waals surface area contributed by atoms with Crippen molar-refractivity contribution in [2.24, 2.45) is 7.05 Å². The first-order chi connectivity index (χ1) is 7.52. The van der Waals surface area contributed by atoms with E-state index in [-0.39, 0.29) is 5.97 Å². The van der Waals surface area contributed by atoms with Crippen LogP contribution < -0.4 is 0 Å².